The van der Waals surface area contributed by atoms with Crippen LogP contribution in [0.5, 0.6) is 5.75 Å². The highest BCUT2D eigenvalue weighted by atomic mass is 19.1. The van der Waals surface area contributed by atoms with Crippen LogP contribution < -0.4 is 5.43 Å². The van der Waals surface area contributed by atoms with Gasteiger partial charge in [-0.2, -0.15) is 0 Å². The summed E-state index contributed by atoms with van der Waals surface area (Å²) in [7, 11) is 0. The highest BCUT2D eigenvalue weighted by molar-refractivity contribution is 5.34. The molecule has 1 heterocycles. The van der Waals surface area contributed by atoms with Crippen LogP contribution in [0.15, 0.2) is 18.2 Å². The Kier molecular flexibility index (Phi) is 3.93. The maximum atomic E-state index is 13.1. The van der Waals surface area contributed by atoms with Gasteiger partial charge in [-0.05, 0) is 25.1 Å². The highest BCUT2D eigenvalue weighted by Crippen LogP contribution is 2.24. The van der Waals surface area contributed by atoms with Gasteiger partial charge in [-0.15, -0.1) is 0 Å². The first-order valence-electron chi connectivity index (χ1n) is 5.74. The van der Waals surface area contributed by atoms with E-state index in [0.717, 1.165) is 13.1 Å². The third-order valence-electron chi connectivity index (χ3n) is 2.84. The maximum Gasteiger partial charge on any atom is 0.123 e. The van der Waals surface area contributed by atoms with E-state index in [-0.39, 0.29) is 17.6 Å². The van der Waals surface area contributed by atoms with Gasteiger partial charge in [0.15, 0.2) is 0 Å². The molecule has 1 atom stereocenters. The molecule has 2 rings (SSSR count). The van der Waals surface area contributed by atoms with Crippen molar-refractivity contribution in [3.05, 3.63) is 29.6 Å². The lowest BCUT2D eigenvalue weighted by atomic mass is 10.1. The molecule has 1 saturated heterocycles. The summed E-state index contributed by atoms with van der Waals surface area (Å²) >= 11 is 0. The first-order valence-corrected chi connectivity index (χ1v) is 5.74. The van der Waals surface area contributed by atoms with E-state index in [1.807, 2.05) is 11.9 Å². The number of benzene rings is 1. The van der Waals surface area contributed by atoms with E-state index in [0.29, 0.717) is 18.8 Å². The van der Waals surface area contributed by atoms with E-state index in [1.54, 1.807) is 0 Å². The van der Waals surface area contributed by atoms with Gasteiger partial charge in [-0.1, -0.05) is 0 Å². The number of rotatable bonds is 3. The number of phenols is 1. The van der Waals surface area contributed by atoms with Crippen LogP contribution >= 0.6 is 0 Å². The topological polar surface area (TPSA) is 44.7 Å². The van der Waals surface area contributed by atoms with Gasteiger partial charge in [-0.3, -0.25) is 0 Å². The Morgan fingerprint density at radius 2 is 2.12 bits per heavy atom. The van der Waals surface area contributed by atoms with E-state index in [9.17, 15) is 9.50 Å². The van der Waals surface area contributed by atoms with Gasteiger partial charge in [-0.25, -0.2) is 14.8 Å². The Labute approximate surface area is 100.0 Å². The molecule has 0 amide bonds. The summed E-state index contributed by atoms with van der Waals surface area (Å²) in [6.45, 7) is 4.86. The van der Waals surface area contributed by atoms with E-state index in [4.69, 9.17) is 4.74 Å². The summed E-state index contributed by atoms with van der Waals surface area (Å²) < 4.78 is 18.4. The number of nitrogens with one attached hydrogen (secondary N) is 1. The summed E-state index contributed by atoms with van der Waals surface area (Å²) in [5.74, 6) is -0.229. The molecule has 4 nitrogen and oxygen atoms in total. The number of hydrazine groups is 1. The molecule has 1 fully saturated rings. The highest BCUT2D eigenvalue weighted by Gasteiger charge is 2.16. The van der Waals surface area contributed by atoms with Gasteiger partial charge in [0.1, 0.15) is 11.6 Å². The number of nitrogens with zero attached hydrogens (tertiary/aromatic N) is 1. The van der Waals surface area contributed by atoms with Crippen molar-refractivity contribution >= 4 is 0 Å². The zero-order chi connectivity index (χ0) is 12.3. The standard InChI is InChI=1S/C12H17FN2O2/c1-9(14-15-4-6-17-7-5-15)11-8-10(13)2-3-12(11)16/h2-3,8-9,14,16H,4-7H2,1H3. The lowest BCUT2D eigenvalue weighted by molar-refractivity contribution is 0.00467. The van der Waals surface area contributed by atoms with Crippen LogP contribution in [0, 0.1) is 5.82 Å². The molecule has 0 saturated carbocycles. The molecule has 0 bridgehead atoms. The van der Waals surface area contributed by atoms with Crippen molar-refractivity contribution in [1.82, 2.24) is 10.4 Å². The van der Waals surface area contributed by atoms with Gasteiger partial charge in [0.2, 0.25) is 0 Å². The van der Waals surface area contributed by atoms with Gasteiger partial charge >= 0.3 is 0 Å². The van der Waals surface area contributed by atoms with Crippen LogP contribution in [0.1, 0.15) is 18.5 Å². The molecule has 1 aromatic rings. The fraction of sp³-hybridized carbons (Fsp3) is 0.500. The van der Waals surface area contributed by atoms with Crippen LogP contribution in [0.4, 0.5) is 4.39 Å². The Hall–Kier alpha value is -1.17. The fourth-order valence-corrected chi connectivity index (χ4v) is 1.91. The molecule has 94 valence electrons. The van der Waals surface area contributed by atoms with E-state index < -0.39 is 0 Å². The number of hydrogen-bond acceptors (Lipinski definition) is 4. The maximum absolute atomic E-state index is 13.1. The first-order chi connectivity index (χ1) is 8.16. The lowest BCUT2D eigenvalue weighted by Crippen LogP contribution is -2.46. The smallest absolute Gasteiger partial charge is 0.123 e. The third-order valence-corrected chi connectivity index (χ3v) is 2.84. The molecule has 0 aromatic heterocycles. The zero-order valence-corrected chi connectivity index (χ0v) is 9.82. The second kappa shape index (κ2) is 5.44. The molecule has 0 aliphatic carbocycles. The fourth-order valence-electron chi connectivity index (χ4n) is 1.91. The SMILES string of the molecule is CC(NN1CCOCC1)c1cc(F)ccc1O. The predicted molar refractivity (Wildman–Crippen MR) is 62.0 cm³/mol. The Morgan fingerprint density at radius 1 is 1.41 bits per heavy atom. The molecular weight excluding hydrogens is 223 g/mol. The van der Waals surface area contributed by atoms with Crippen molar-refractivity contribution < 1.29 is 14.2 Å². The Morgan fingerprint density at radius 3 is 2.82 bits per heavy atom. The van der Waals surface area contributed by atoms with Crippen molar-refractivity contribution in [3.63, 3.8) is 0 Å². The van der Waals surface area contributed by atoms with Gasteiger partial charge < -0.3 is 9.84 Å². The number of phenolic OH excluding ortho intramolecular Hbond substituents is 1. The van der Waals surface area contributed by atoms with Crippen molar-refractivity contribution in [3.8, 4) is 5.75 Å². The summed E-state index contributed by atoms with van der Waals surface area (Å²) in [5, 5.41) is 11.7. The number of morpholine rings is 1. The average molecular weight is 240 g/mol. The monoisotopic (exact) mass is 240 g/mol. The summed E-state index contributed by atoms with van der Waals surface area (Å²) in [5.41, 5.74) is 3.80. The second-order valence-electron chi connectivity index (χ2n) is 4.15. The van der Waals surface area contributed by atoms with E-state index in [1.165, 1.54) is 18.2 Å². The third kappa shape index (κ3) is 3.15. The summed E-state index contributed by atoms with van der Waals surface area (Å²) in [4.78, 5) is 0. The first kappa shape index (κ1) is 12.3. The second-order valence-corrected chi connectivity index (χ2v) is 4.15. The van der Waals surface area contributed by atoms with Gasteiger partial charge in [0.25, 0.3) is 0 Å². The number of aromatic hydroxyl groups is 1. The van der Waals surface area contributed by atoms with Crippen molar-refractivity contribution in [1.29, 1.82) is 0 Å². The van der Waals surface area contributed by atoms with Gasteiger partial charge in [0, 0.05) is 24.7 Å². The van der Waals surface area contributed by atoms with E-state index >= 15 is 0 Å². The van der Waals surface area contributed by atoms with Gasteiger partial charge in [0.05, 0.1) is 13.2 Å². The lowest BCUT2D eigenvalue weighted by Gasteiger charge is -2.30. The van der Waals surface area contributed by atoms with Crippen molar-refractivity contribution in [2.45, 2.75) is 13.0 Å². The predicted octanol–water partition coefficient (Wildman–Crippen LogP) is 1.43. The Bertz CT molecular complexity index is 381. The number of hydrogen-bond donors (Lipinski definition) is 2. The Balaban J connectivity index is 2.02. The van der Waals surface area contributed by atoms with E-state index in [2.05, 4.69) is 5.43 Å². The van der Waals surface area contributed by atoms with Crippen LogP contribution in [0.3, 0.4) is 0 Å². The largest absolute Gasteiger partial charge is 0.508 e. The quantitative estimate of drug-likeness (QED) is 0.839. The number of halogens is 1. The van der Waals surface area contributed by atoms with Crippen molar-refractivity contribution in [2.75, 3.05) is 26.3 Å². The van der Waals surface area contributed by atoms with Crippen LogP contribution in [0.2, 0.25) is 0 Å². The zero-order valence-electron chi connectivity index (χ0n) is 9.82. The molecule has 1 aliphatic heterocycles. The molecule has 17 heavy (non-hydrogen) atoms. The minimum atomic E-state index is -0.339. The molecule has 5 heteroatoms. The molecule has 1 unspecified atom stereocenters. The van der Waals surface area contributed by atoms with Crippen LogP contribution in [0.25, 0.3) is 0 Å². The molecule has 1 aromatic carbocycles. The van der Waals surface area contributed by atoms with Crippen molar-refractivity contribution in [2.24, 2.45) is 0 Å². The molecule has 2 N–H and O–H groups in total. The molecule has 0 spiro atoms. The van der Waals surface area contributed by atoms with Crippen LogP contribution in [-0.4, -0.2) is 36.4 Å². The number of ether oxygens (including phenoxy) is 1. The van der Waals surface area contributed by atoms with Crippen LogP contribution in [-0.2, 0) is 4.74 Å². The normalized spacial score (nSPS) is 19.2. The molecular formula is C12H17FN2O2. The summed E-state index contributed by atoms with van der Waals surface area (Å²) in [6.07, 6.45) is 0. The average Bonchev–Trinajstić information content (AvgIpc) is 2.33. The summed E-state index contributed by atoms with van der Waals surface area (Å²) in [6, 6.07) is 3.85. The molecule has 1 aliphatic rings. The molecule has 0 radical (unpaired) electrons. The minimum absolute atomic E-state index is 0.111. The minimum Gasteiger partial charge on any atom is -0.508 e.